The molecule has 1 aliphatic rings. The van der Waals surface area contributed by atoms with E-state index in [1.807, 2.05) is 17.1 Å². The molecule has 2 aromatic rings. The van der Waals surface area contributed by atoms with Crippen LogP contribution in [0.2, 0.25) is 0 Å². The second kappa shape index (κ2) is 6.34. The average Bonchev–Trinajstić information content (AvgIpc) is 2.91. The van der Waals surface area contributed by atoms with Crippen LogP contribution in [0.1, 0.15) is 45.2 Å². The van der Waals surface area contributed by atoms with E-state index in [1.54, 1.807) is 0 Å². The quantitative estimate of drug-likeness (QED) is 0.943. The normalized spacial score (nSPS) is 23.5. The van der Waals surface area contributed by atoms with Crippen molar-refractivity contribution in [2.24, 2.45) is 5.92 Å². The molecular weight excluding hydrogens is 276 g/mol. The first-order valence-electron chi connectivity index (χ1n) is 8.27. The first kappa shape index (κ1) is 15.4. The van der Waals surface area contributed by atoms with E-state index in [0.29, 0.717) is 12.0 Å². The second-order valence-corrected chi connectivity index (χ2v) is 6.78. The summed E-state index contributed by atoms with van der Waals surface area (Å²) in [5, 5.41) is 15.2. The minimum absolute atomic E-state index is 0.238. The summed E-state index contributed by atoms with van der Waals surface area (Å²) in [7, 11) is 0. The summed E-state index contributed by atoms with van der Waals surface area (Å²) in [4.78, 5) is 7.00. The first-order valence-corrected chi connectivity index (χ1v) is 8.27. The van der Waals surface area contributed by atoms with Crippen molar-refractivity contribution in [1.29, 1.82) is 0 Å². The lowest BCUT2D eigenvalue weighted by atomic mass is 9.91. The molecular formula is C17H26N4O. The highest BCUT2D eigenvalue weighted by Gasteiger charge is 2.27. The van der Waals surface area contributed by atoms with Crippen molar-refractivity contribution in [3.05, 3.63) is 24.0 Å². The summed E-state index contributed by atoms with van der Waals surface area (Å²) in [5.41, 5.74) is 2.15. The summed E-state index contributed by atoms with van der Waals surface area (Å²) < 4.78 is 1.96. The van der Waals surface area contributed by atoms with Crippen molar-refractivity contribution in [2.45, 2.75) is 52.2 Å². The summed E-state index contributed by atoms with van der Waals surface area (Å²) in [6.45, 7) is 8.61. The number of hydrogen-bond acceptors (Lipinski definition) is 4. The Kier molecular flexibility index (Phi) is 4.45. The molecule has 1 N–H and O–H groups in total. The lowest BCUT2D eigenvalue weighted by molar-refractivity contribution is 0.0472. The minimum Gasteiger partial charge on any atom is -0.395 e. The average molecular weight is 302 g/mol. The van der Waals surface area contributed by atoms with Crippen LogP contribution in [0.25, 0.3) is 11.0 Å². The Morgan fingerprint density at radius 1 is 1.36 bits per heavy atom. The molecule has 0 spiro atoms. The molecule has 0 saturated carbocycles. The highest BCUT2D eigenvalue weighted by Crippen LogP contribution is 2.25. The van der Waals surface area contributed by atoms with Gasteiger partial charge in [-0.2, -0.15) is 5.10 Å². The molecule has 5 heteroatoms. The van der Waals surface area contributed by atoms with Crippen LogP contribution in [0.5, 0.6) is 0 Å². The van der Waals surface area contributed by atoms with Crippen LogP contribution in [0, 0.1) is 5.92 Å². The van der Waals surface area contributed by atoms with E-state index in [9.17, 15) is 5.11 Å². The van der Waals surface area contributed by atoms with Gasteiger partial charge >= 0.3 is 0 Å². The lowest BCUT2D eigenvalue weighted by Crippen LogP contribution is -2.45. The summed E-state index contributed by atoms with van der Waals surface area (Å²) >= 11 is 0. The zero-order valence-corrected chi connectivity index (χ0v) is 13.7. The van der Waals surface area contributed by atoms with Gasteiger partial charge in [-0.15, -0.1) is 0 Å². The van der Waals surface area contributed by atoms with Gasteiger partial charge in [-0.05, 0) is 50.8 Å². The number of aliphatic hydroxyl groups is 1. The molecule has 1 saturated heterocycles. The Balaban J connectivity index is 1.81. The van der Waals surface area contributed by atoms with Crippen molar-refractivity contribution >= 4 is 11.0 Å². The molecule has 2 aromatic heterocycles. The molecule has 3 rings (SSSR count). The van der Waals surface area contributed by atoms with Crippen molar-refractivity contribution in [2.75, 3.05) is 13.2 Å². The maximum absolute atomic E-state index is 9.68. The number of likely N-dealkylation sites (tertiary alicyclic amines) is 1. The number of hydrogen-bond donors (Lipinski definition) is 1. The Morgan fingerprint density at radius 3 is 2.91 bits per heavy atom. The summed E-state index contributed by atoms with van der Waals surface area (Å²) in [6.07, 6.45) is 6.27. The smallest absolute Gasteiger partial charge is 0.157 e. The zero-order chi connectivity index (χ0) is 15.7. The third kappa shape index (κ3) is 2.88. The molecule has 1 fully saturated rings. The predicted molar refractivity (Wildman–Crippen MR) is 87.6 cm³/mol. The molecule has 0 unspecified atom stereocenters. The van der Waals surface area contributed by atoms with Gasteiger partial charge in [0.25, 0.3) is 0 Å². The van der Waals surface area contributed by atoms with E-state index in [-0.39, 0.29) is 12.6 Å². The van der Waals surface area contributed by atoms with Crippen LogP contribution in [0.3, 0.4) is 0 Å². The van der Waals surface area contributed by atoms with Gasteiger partial charge in [0.05, 0.1) is 12.8 Å². The van der Waals surface area contributed by atoms with Gasteiger partial charge in [0.1, 0.15) is 0 Å². The molecule has 0 bridgehead atoms. The number of fused-ring (bicyclic) bond motifs is 1. The summed E-state index contributed by atoms with van der Waals surface area (Å²) in [6, 6.07) is 2.77. The molecule has 0 amide bonds. The first-order chi connectivity index (χ1) is 10.6. The van der Waals surface area contributed by atoms with Gasteiger partial charge in [-0.1, -0.05) is 6.92 Å². The Labute approximate surface area is 132 Å². The maximum atomic E-state index is 9.68. The number of aromatic nitrogens is 3. The minimum atomic E-state index is 0.238. The van der Waals surface area contributed by atoms with Gasteiger partial charge < -0.3 is 5.11 Å². The second-order valence-electron chi connectivity index (χ2n) is 6.78. The number of pyridine rings is 1. The van der Waals surface area contributed by atoms with Crippen LogP contribution >= 0.6 is 0 Å². The van der Waals surface area contributed by atoms with Crippen LogP contribution in [0.4, 0.5) is 0 Å². The van der Waals surface area contributed by atoms with Gasteiger partial charge in [-0.25, -0.2) is 9.67 Å². The molecule has 3 heterocycles. The van der Waals surface area contributed by atoms with Crippen LogP contribution in [-0.2, 0) is 6.54 Å². The molecule has 2 atom stereocenters. The molecule has 120 valence electrons. The molecule has 1 aliphatic heterocycles. The molecule has 5 nitrogen and oxygen atoms in total. The summed E-state index contributed by atoms with van der Waals surface area (Å²) in [5.74, 6) is 0.555. The van der Waals surface area contributed by atoms with Crippen LogP contribution < -0.4 is 0 Å². The molecule has 0 radical (unpaired) electrons. The van der Waals surface area contributed by atoms with Crippen molar-refractivity contribution in [1.82, 2.24) is 19.7 Å². The fourth-order valence-corrected chi connectivity index (χ4v) is 3.51. The van der Waals surface area contributed by atoms with Crippen LogP contribution in [0.15, 0.2) is 18.5 Å². The Morgan fingerprint density at radius 2 is 2.18 bits per heavy atom. The predicted octanol–water partition coefficient (Wildman–Crippen LogP) is 2.61. The Hall–Kier alpha value is -1.46. The lowest BCUT2D eigenvalue weighted by Gasteiger charge is -2.39. The van der Waals surface area contributed by atoms with Gasteiger partial charge in [-0.3, -0.25) is 4.90 Å². The standard InChI is InChI=1S/C17H26N4O/c1-12(2)21-17-15(9-19-21)7-14(8-18-17)10-20-6-4-5-13(3)16(20)11-22/h7-9,12-13,16,22H,4-6,10-11H2,1-3H3/t13-,16-/m1/s1. The van der Waals surface area contributed by atoms with Crippen molar-refractivity contribution in [3.63, 3.8) is 0 Å². The van der Waals surface area contributed by atoms with E-state index in [2.05, 4.69) is 41.8 Å². The highest BCUT2D eigenvalue weighted by atomic mass is 16.3. The van der Waals surface area contributed by atoms with Crippen molar-refractivity contribution in [3.8, 4) is 0 Å². The third-order valence-corrected chi connectivity index (χ3v) is 4.78. The number of piperidine rings is 1. The fraction of sp³-hybridized carbons (Fsp3) is 0.647. The molecule has 0 aromatic carbocycles. The fourth-order valence-electron chi connectivity index (χ4n) is 3.51. The molecule has 0 aliphatic carbocycles. The van der Waals surface area contributed by atoms with E-state index in [4.69, 9.17) is 0 Å². The van der Waals surface area contributed by atoms with Gasteiger partial charge in [0.15, 0.2) is 5.65 Å². The van der Waals surface area contributed by atoms with E-state index < -0.39 is 0 Å². The van der Waals surface area contributed by atoms with E-state index >= 15 is 0 Å². The van der Waals surface area contributed by atoms with E-state index in [0.717, 1.165) is 24.1 Å². The number of nitrogens with zero attached hydrogens (tertiary/aromatic N) is 4. The zero-order valence-electron chi connectivity index (χ0n) is 13.7. The highest BCUT2D eigenvalue weighted by molar-refractivity contribution is 5.75. The van der Waals surface area contributed by atoms with E-state index in [1.165, 1.54) is 18.4 Å². The Bertz CT molecular complexity index is 637. The molecule has 22 heavy (non-hydrogen) atoms. The number of aliphatic hydroxyl groups excluding tert-OH is 1. The van der Waals surface area contributed by atoms with Crippen molar-refractivity contribution < 1.29 is 5.11 Å². The third-order valence-electron chi connectivity index (χ3n) is 4.78. The topological polar surface area (TPSA) is 54.2 Å². The van der Waals surface area contributed by atoms with Gasteiger partial charge in [0, 0.05) is 30.2 Å². The monoisotopic (exact) mass is 302 g/mol. The van der Waals surface area contributed by atoms with Crippen LogP contribution in [-0.4, -0.2) is 44.0 Å². The number of rotatable bonds is 4. The largest absolute Gasteiger partial charge is 0.395 e. The SMILES string of the molecule is CC(C)n1ncc2cc(CN3CCC[C@@H](C)[C@H]3CO)cnc21. The maximum Gasteiger partial charge on any atom is 0.157 e. The van der Waals surface area contributed by atoms with Gasteiger partial charge in [0.2, 0.25) is 0 Å².